The van der Waals surface area contributed by atoms with Crippen LogP contribution in [0, 0.1) is 0 Å². The number of benzene rings is 1. The lowest BCUT2D eigenvalue weighted by Crippen LogP contribution is -2.33. The van der Waals surface area contributed by atoms with Gasteiger partial charge in [-0.05, 0) is 38.5 Å². The second kappa shape index (κ2) is 6.19. The number of carbonyl (C=O) groups is 1. The highest BCUT2D eigenvalue weighted by molar-refractivity contribution is 7.84. The predicted molar refractivity (Wildman–Crippen MR) is 76.5 cm³/mol. The zero-order valence-electron chi connectivity index (χ0n) is 12.1. The SMILES string of the molecule is CN(Cc1ccc([S@@](C)=O)cc1)C(=O)OC(C)(C)C. The van der Waals surface area contributed by atoms with Crippen molar-refractivity contribution in [3.05, 3.63) is 29.8 Å². The third kappa shape index (κ3) is 5.42. The van der Waals surface area contributed by atoms with Crippen molar-refractivity contribution in [2.45, 2.75) is 37.8 Å². The fourth-order valence-corrected chi connectivity index (χ4v) is 1.98. The molecule has 0 fully saturated rings. The van der Waals surface area contributed by atoms with Gasteiger partial charge in [-0.2, -0.15) is 0 Å². The van der Waals surface area contributed by atoms with Gasteiger partial charge in [-0.25, -0.2) is 4.79 Å². The Balaban J connectivity index is 2.64. The first-order valence-electron chi connectivity index (χ1n) is 6.05. The highest BCUT2D eigenvalue weighted by atomic mass is 32.2. The number of ether oxygens (including phenoxy) is 1. The molecular formula is C14H21NO3S. The maximum absolute atomic E-state index is 11.8. The minimum Gasteiger partial charge on any atom is -0.444 e. The highest BCUT2D eigenvalue weighted by Crippen LogP contribution is 2.13. The Labute approximate surface area is 117 Å². The molecule has 0 saturated carbocycles. The van der Waals surface area contributed by atoms with Crippen LogP contribution in [0.3, 0.4) is 0 Å². The lowest BCUT2D eigenvalue weighted by atomic mass is 10.2. The Morgan fingerprint density at radius 1 is 1.26 bits per heavy atom. The quantitative estimate of drug-likeness (QED) is 0.857. The van der Waals surface area contributed by atoms with Gasteiger partial charge in [0.05, 0.1) is 0 Å². The molecule has 0 aliphatic heterocycles. The fourth-order valence-electron chi connectivity index (χ4n) is 1.46. The van der Waals surface area contributed by atoms with Gasteiger partial charge in [0.2, 0.25) is 0 Å². The normalized spacial score (nSPS) is 12.9. The van der Waals surface area contributed by atoms with E-state index in [1.165, 1.54) is 4.90 Å². The molecule has 0 aliphatic rings. The van der Waals surface area contributed by atoms with Crippen LogP contribution in [0.1, 0.15) is 26.3 Å². The second-order valence-electron chi connectivity index (χ2n) is 5.43. The van der Waals surface area contributed by atoms with E-state index >= 15 is 0 Å². The van der Waals surface area contributed by atoms with Crippen LogP contribution in [0.5, 0.6) is 0 Å². The fraction of sp³-hybridized carbons (Fsp3) is 0.500. The average molecular weight is 283 g/mol. The van der Waals surface area contributed by atoms with Gasteiger partial charge >= 0.3 is 6.09 Å². The maximum atomic E-state index is 11.8. The van der Waals surface area contributed by atoms with E-state index in [1.807, 2.05) is 45.0 Å². The van der Waals surface area contributed by atoms with Crippen molar-refractivity contribution in [1.82, 2.24) is 4.90 Å². The molecule has 0 saturated heterocycles. The first-order chi connectivity index (χ1) is 8.69. The molecule has 1 atom stereocenters. The Bertz CT molecular complexity index is 463. The van der Waals surface area contributed by atoms with Crippen molar-refractivity contribution in [3.8, 4) is 0 Å². The molecule has 0 radical (unpaired) electrons. The average Bonchev–Trinajstić information content (AvgIpc) is 2.27. The van der Waals surface area contributed by atoms with Crippen molar-refractivity contribution >= 4 is 16.9 Å². The summed E-state index contributed by atoms with van der Waals surface area (Å²) in [4.78, 5) is 14.1. The molecule has 1 rings (SSSR count). The molecule has 0 unspecified atom stereocenters. The van der Waals surface area contributed by atoms with E-state index in [0.717, 1.165) is 10.5 Å². The van der Waals surface area contributed by atoms with Crippen LogP contribution in [0.4, 0.5) is 4.79 Å². The summed E-state index contributed by atoms with van der Waals surface area (Å²) in [6, 6.07) is 7.37. The van der Waals surface area contributed by atoms with Crippen LogP contribution in [0.2, 0.25) is 0 Å². The van der Waals surface area contributed by atoms with Gasteiger partial charge in [0, 0.05) is 35.5 Å². The van der Waals surface area contributed by atoms with Gasteiger partial charge in [0.15, 0.2) is 0 Å². The molecule has 5 heteroatoms. The molecule has 1 aromatic carbocycles. The van der Waals surface area contributed by atoms with Crippen LogP contribution in [-0.2, 0) is 22.1 Å². The summed E-state index contributed by atoms with van der Waals surface area (Å²) >= 11 is 0. The summed E-state index contributed by atoms with van der Waals surface area (Å²) in [5.41, 5.74) is 0.483. The third-order valence-electron chi connectivity index (χ3n) is 2.38. The molecule has 0 spiro atoms. The van der Waals surface area contributed by atoms with E-state index in [4.69, 9.17) is 4.74 Å². The Hall–Kier alpha value is -1.36. The van der Waals surface area contributed by atoms with Crippen molar-refractivity contribution < 1.29 is 13.7 Å². The van der Waals surface area contributed by atoms with Gasteiger partial charge < -0.3 is 9.64 Å². The maximum Gasteiger partial charge on any atom is 0.410 e. The van der Waals surface area contributed by atoms with Crippen LogP contribution in [0.15, 0.2) is 29.2 Å². The third-order valence-corrected chi connectivity index (χ3v) is 3.32. The summed E-state index contributed by atoms with van der Waals surface area (Å²) < 4.78 is 16.5. The number of amides is 1. The van der Waals surface area contributed by atoms with E-state index in [2.05, 4.69) is 0 Å². The lowest BCUT2D eigenvalue weighted by molar-refractivity contribution is 0.0285. The van der Waals surface area contributed by atoms with E-state index < -0.39 is 16.4 Å². The summed E-state index contributed by atoms with van der Waals surface area (Å²) in [6.07, 6.45) is 1.29. The van der Waals surface area contributed by atoms with E-state index in [-0.39, 0.29) is 6.09 Å². The van der Waals surface area contributed by atoms with E-state index in [1.54, 1.807) is 13.3 Å². The Morgan fingerprint density at radius 2 is 1.79 bits per heavy atom. The largest absolute Gasteiger partial charge is 0.444 e. The van der Waals surface area contributed by atoms with Gasteiger partial charge in [-0.1, -0.05) is 12.1 Å². The molecule has 0 aliphatic carbocycles. The zero-order valence-corrected chi connectivity index (χ0v) is 12.9. The molecule has 0 bridgehead atoms. The number of carbonyl (C=O) groups excluding carboxylic acids is 1. The van der Waals surface area contributed by atoms with Crippen LogP contribution in [-0.4, -0.2) is 34.1 Å². The lowest BCUT2D eigenvalue weighted by Gasteiger charge is -2.24. The summed E-state index contributed by atoms with van der Waals surface area (Å²) in [6.45, 7) is 5.98. The molecule has 0 N–H and O–H groups in total. The molecule has 0 heterocycles. The molecule has 19 heavy (non-hydrogen) atoms. The van der Waals surface area contributed by atoms with Crippen LogP contribution in [0.25, 0.3) is 0 Å². The number of hydrogen-bond acceptors (Lipinski definition) is 3. The standard InChI is InChI=1S/C14H21NO3S/c1-14(2,3)18-13(16)15(4)10-11-6-8-12(9-7-11)19(5)17/h6-9H,10H2,1-5H3/t19-/m1/s1. The first-order valence-corrected chi connectivity index (χ1v) is 7.61. The zero-order chi connectivity index (χ0) is 14.6. The Kier molecular flexibility index (Phi) is 5.11. The van der Waals surface area contributed by atoms with Gasteiger partial charge in [0.1, 0.15) is 5.60 Å². The van der Waals surface area contributed by atoms with Crippen molar-refractivity contribution in [3.63, 3.8) is 0 Å². The predicted octanol–water partition coefficient (Wildman–Crippen LogP) is 2.79. The molecule has 4 nitrogen and oxygen atoms in total. The smallest absolute Gasteiger partial charge is 0.410 e. The van der Waals surface area contributed by atoms with E-state index in [0.29, 0.717) is 6.54 Å². The molecule has 1 aromatic rings. The molecule has 1 amide bonds. The van der Waals surface area contributed by atoms with Gasteiger partial charge in [0.25, 0.3) is 0 Å². The first kappa shape index (κ1) is 15.7. The van der Waals surface area contributed by atoms with Gasteiger partial charge in [-0.15, -0.1) is 0 Å². The van der Waals surface area contributed by atoms with Crippen molar-refractivity contribution in [1.29, 1.82) is 0 Å². The summed E-state index contributed by atoms with van der Waals surface area (Å²) in [5.74, 6) is 0. The Morgan fingerprint density at radius 3 is 2.21 bits per heavy atom. The summed E-state index contributed by atoms with van der Waals surface area (Å²) in [5, 5.41) is 0. The van der Waals surface area contributed by atoms with Crippen molar-refractivity contribution in [2.75, 3.05) is 13.3 Å². The minimum atomic E-state index is -0.977. The monoisotopic (exact) mass is 283 g/mol. The number of nitrogens with zero attached hydrogens (tertiary/aromatic N) is 1. The number of hydrogen-bond donors (Lipinski definition) is 0. The van der Waals surface area contributed by atoms with E-state index in [9.17, 15) is 9.00 Å². The molecule has 0 aromatic heterocycles. The minimum absolute atomic E-state index is 0.351. The van der Waals surface area contributed by atoms with Crippen LogP contribution < -0.4 is 0 Å². The topological polar surface area (TPSA) is 46.6 Å². The summed E-state index contributed by atoms with van der Waals surface area (Å²) in [7, 11) is 0.717. The number of rotatable bonds is 3. The van der Waals surface area contributed by atoms with Gasteiger partial charge in [-0.3, -0.25) is 4.21 Å². The van der Waals surface area contributed by atoms with Crippen molar-refractivity contribution in [2.24, 2.45) is 0 Å². The molecular weight excluding hydrogens is 262 g/mol. The van der Waals surface area contributed by atoms with Crippen LogP contribution >= 0.6 is 0 Å². The second-order valence-corrected chi connectivity index (χ2v) is 6.81. The molecule has 106 valence electrons. The highest BCUT2D eigenvalue weighted by Gasteiger charge is 2.19.